The fraction of sp³-hybridized carbons (Fsp3) is 0.613. The maximum Gasteiger partial charge on any atom is 0.431 e. The molecule has 0 radical (unpaired) electrons. The van der Waals surface area contributed by atoms with E-state index in [1.807, 2.05) is 0 Å². The number of carbonyl (C=O) groups excluding carboxylic acids is 2. The standard InChI is InChI=1S/C19H25F3O4.C12H19F3O4/c1-6-15(26-17(3,4)5)18(19(20,21)22,16(23)24-7-2)25-13-14-11-9-8-10-12-14;1-6-8(19-10(3,4)5)11(17,12(13,14)15)9(16)18-7-2/h6,8-12,15H,1,7,13H2,2-5H3;6,8,17H,1,7H2,2-5H3. The number of benzene rings is 1. The molecule has 0 amide bonds. The van der Waals surface area contributed by atoms with Gasteiger partial charge in [0.2, 0.25) is 0 Å². The molecule has 1 aromatic carbocycles. The zero-order chi connectivity index (χ0) is 35.5. The van der Waals surface area contributed by atoms with Crippen LogP contribution in [0.2, 0.25) is 0 Å². The summed E-state index contributed by atoms with van der Waals surface area (Å²) in [5, 5.41) is 9.77. The number of halogens is 6. The molecule has 0 aromatic heterocycles. The molecule has 1 aromatic rings. The zero-order valence-corrected chi connectivity index (χ0v) is 26.8. The average Bonchev–Trinajstić information content (AvgIpc) is 2.89. The molecule has 0 fully saturated rings. The Labute approximate surface area is 260 Å². The van der Waals surface area contributed by atoms with Crippen LogP contribution in [0.1, 0.15) is 61.0 Å². The minimum Gasteiger partial charge on any atom is -0.464 e. The monoisotopic (exact) mass is 658 g/mol. The second-order valence-electron chi connectivity index (χ2n) is 11.5. The van der Waals surface area contributed by atoms with Gasteiger partial charge in [0.15, 0.2) is 0 Å². The Hall–Kier alpha value is -2.94. The largest absolute Gasteiger partial charge is 0.464 e. The first kappa shape index (κ1) is 42.1. The van der Waals surface area contributed by atoms with Gasteiger partial charge in [-0.3, -0.25) is 0 Å². The van der Waals surface area contributed by atoms with Gasteiger partial charge in [-0.15, -0.1) is 13.2 Å². The Balaban J connectivity index is 0.000000907. The molecular weight excluding hydrogens is 614 g/mol. The second-order valence-corrected chi connectivity index (χ2v) is 11.5. The van der Waals surface area contributed by atoms with Crippen LogP contribution in [0.4, 0.5) is 26.3 Å². The molecule has 0 bridgehead atoms. The van der Waals surface area contributed by atoms with Crippen LogP contribution in [0.15, 0.2) is 55.6 Å². The summed E-state index contributed by atoms with van der Waals surface area (Å²) in [6.45, 7) is 17.6. The maximum atomic E-state index is 14.1. The summed E-state index contributed by atoms with van der Waals surface area (Å²) < 4.78 is 106. The van der Waals surface area contributed by atoms with Crippen LogP contribution >= 0.6 is 0 Å². The van der Waals surface area contributed by atoms with Gasteiger partial charge in [0, 0.05) is 0 Å². The van der Waals surface area contributed by atoms with Crippen LogP contribution < -0.4 is 0 Å². The predicted octanol–water partition coefficient (Wildman–Crippen LogP) is 6.65. The lowest BCUT2D eigenvalue weighted by Crippen LogP contribution is -2.63. The molecule has 1 rings (SSSR count). The van der Waals surface area contributed by atoms with E-state index in [1.165, 1.54) is 34.6 Å². The Morgan fingerprint density at radius 1 is 0.756 bits per heavy atom. The van der Waals surface area contributed by atoms with Crippen LogP contribution in [0, 0.1) is 0 Å². The van der Waals surface area contributed by atoms with Gasteiger partial charge in [0.1, 0.15) is 12.2 Å². The summed E-state index contributed by atoms with van der Waals surface area (Å²) in [4.78, 5) is 23.9. The van der Waals surface area contributed by atoms with Crippen molar-refractivity contribution in [2.24, 2.45) is 0 Å². The number of carbonyl (C=O) groups is 2. The summed E-state index contributed by atoms with van der Waals surface area (Å²) in [6, 6.07) is 8.24. The van der Waals surface area contributed by atoms with Gasteiger partial charge in [-0.2, -0.15) is 26.3 Å². The molecule has 4 atom stereocenters. The molecule has 8 nitrogen and oxygen atoms in total. The SMILES string of the molecule is C=CC(OC(C)(C)C)C(O)(C(=O)OCC)C(F)(F)F.C=CC(OC(C)(C)C)C(OCc1ccccc1)(C(=O)OCC)C(F)(F)F. The summed E-state index contributed by atoms with van der Waals surface area (Å²) in [6.07, 6.45) is -12.4. The molecule has 4 unspecified atom stereocenters. The topological polar surface area (TPSA) is 101 Å². The van der Waals surface area contributed by atoms with E-state index in [2.05, 4.69) is 17.9 Å². The van der Waals surface area contributed by atoms with Crippen LogP contribution in [-0.4, -0.2) is 77.2 Å². The van der Waals surface area contributed by atoms with Crippen molar-refractivity contribution in [2.75, 3.05) is 13.2 Å². The van der Waals surface area contributed by atoms with E-state index in [4.69, 9.17) is 18.9 Å². The molecule has 0 saturated heterocycles. The number of hydrogen-bond donors (Lipinski definition) is 1. The van der Waals surface area contributed by atoms with Gasteiger partial charge in [0.05, 0.1) is 31.0 Å². The summed E-state index contributed by atoms with van der Waals surface area (Å²) in [7, 11) is 0. The number of ether oxygens (including phenoxy) is 5. The molecule has 0 aliphatic rings. The van der Waals surface area contributed by atoms with E-state index < -0.39 is 65.5 Å². The molecule has 0 aliphatic carbocycles. The molecular formula is C31H44F6O8. The first-order valence-electron chi connectivity index (χ1n) is 13.9. The van der Waals surface area contributed by atoms with Crippen molar-refractivity contribution in [1.82, 2.24) is 0 Å². The Morgan fingerprint density at radius 3 is 1.53 bits per heavy atom. The second kappa shape index (κ2) is 16.6. The van der Waals surface area contributed by atoms with Crippen LogP contribution in [0.5, 0.6) is 0 Å². The van der Waals surface area contributed by atoms with Gasteiger partial charge in [-0.05, 0) is 61.0 Å². The molecule has 0 saturated carbocycles. The maximum absolute atomic E-state index is 14.1. The lowest BCUT2D eigenvalue weighted by Gasteiger charge is -2.40. The van der Waals surface area contributed by atoms with Gasteiger partial charge in [0.25, 0.3) is 11.2 Å². The third kappa shape index (κ3) is 11.7. The number of alkyl halides is 6. The van der Waals surface area contributed by atoms with Crippen molar-refractivity contribution in [2.45, 2.75) is 109 Å². The summed E-state index contributed by atoms with van der Waals surface area (Å²) in [5.41, 5.74) is -8.61. The van der Waals surface area contributed by atoms with Gasteiger partial charge < -0.3 is 28.8 Å². The number of aliphatic hydroxyl groups is 1. The fourth-order valence-electron chi connectivity index (χ4n) is 3.62. The van der Waals surface area contributed by atoms with E-state index in [9.17, 15) is 41.0 Å². The minimum atomic E-state index is -5.25. The smallest absolute Gasteiger partial charge is 0.431 e. The van der Waals surface area contributed by atoms with Crippen molar-refractivity contribution in [3.63, 3.8) is 0 Å². The Bertz CT molecular complexity index is 1090. The highest BCUT2D eigenvalue weighted by molar-refractivity contribution is 5.82. The molecule has 0 heterocycles. The Kier molecular flexibility index (Phi) is 15.5. The van der Waals surface area contributed by atoms with Crippen molar-refractivity contribution in [3.05, 3.63) is 61.2 Å². The lowest BCUT2D eigenvalue weighted by atomic mass is 9.93. The van der Waals surface area contributed by atoms with E-state index in [0.717, 1.165) is 12.2 Å². The first-order valence-corrected chi connectivity index (χ1v) is 13.9. The van der Waals surface area contributed by atoms with E-state index >= 15 is 0 Å². The predicted molar refractivity (Wildman–Crippen MR) is 154 cm³/mol. The number of hydrogen-bond acceptors (Lipinski definition) is 8. The third-order valence-electron chi connectivity index (χ3n) is 5.53. The van der Waals surface area contributed by atoms with Crippen molar-refractivity contribution < 1.29 is 64.7 Å². The van der Waals surface area contributed by atoms with E-state index in [0.29, 0.717) is 5.56 Å². The molecule has 0 aliphatic heterocycles. The number of rotatable bonds is 13. The van der Waals surface area contributed by atoms with Crippen molar-refractivity contribution in [1.29, 1.82) is 0 Å². The highest BCUT2D eigenvalue weighted by Crippen LogP contribution is 2.42. The van der Waals surface area contributed by atoms with Gasteiger partial charge in [-0.1, -0.05) is 42.5 Å². The van der Waals surface area contributed by atoms with E-state index in [-0.39, 0.29) is 13.2 Å². The third-order valence-corrected chi connectivity index (χ3v) is 5.53. The average molecular weight is 659 g/mol. The summed E-state index contributed by atoms with van der Waals surface area (Å²) in [5.74, 6) is -3.37. The summed E-state index contributed by atoms with van der Waals surface area (Å²) >= 11 is 0. The van der Waals surface area contributed by atoms with Crippen molar-refractivity contribution >= 4 is 11.9 Å². The lowest BCUT2D eigenvalue weighted by molar-refractivity contribution is -0.311. The highest BCUT2D eigenvalue weighted by atomic mass is 19.4. The Morgan fingerprint density at radius 2 is 1.18 bits per heavy atom. The van der Waals surface area contributed by atoms with Gasteiger partial charge >= 0.3 is 24.3 Å². The molecule has 45 heavy (non-hydrogen) atoms. The van der Waals surface area contributed by atoms with Crippen LogP contribution in [-0.2, 0) is 39.9 Å². The zero-order valence-electron chi connectivity index (χ0n) is 26.8. The normalized spacial score (nSPS) is 16.5. The quantitative estimate of drug-likeness (QED) is 0.143. The van der Waals surface area contributed by atoms with Crippen LogP contribution in [0.3, 0.4) is 0 Å². The molecule has 258 valence electrons. The fourth-order valence-corrected chi connectivity index (χ4v) is 3.62. The highest BCUT2D eigenvalue weighted by Gasteiger charge is 2.68. The van der Waals surface area contributed by atoms with Gasteiger partial charge in [-0.25, -0.2) is 9.59 Å². The van der Waals surface area contributed by atoms with Crippen molar-refractivity contribution in [3.8, 4) is 0 Å². The first-order chi connectivity index (χ1) is 20.4. The number of esters is 2. The minimum absolute atomic E-state index is 0.231. The molecule has 0 spiro atoms. The van der Waals surface area contributed by atoms with E-state index in [1.54, 1.807) is 51.1 Å². The molecule has 14 heteroatoms. The van der Waals surface area contributed by atoms with Crippen LogP contribution in [0.25, 0.3) is 0 Å². The molecule has 1 N–H and O–H groups in total.